The molecule has 2 amide bonds. The van der Waals surface area contributed by atoms with Gasteiger partial charge in [0.25, 0.3) is 11.7 Å². The molecule has 11 heteroatoms. The average Bonchev–Trinajstić information content (AvgIpc) is 3.35. The molecular weight excluding hydrogens is 429 g/mol. The Hall–Kier alpha value is -1.97. The summed E-state index contributed by atoms with van der Waals surface area (Å²) in [6, 6.07) is 1.84. The topological polar surface area (TPSA) is 105 Å². The zero-order valence-electron chi connectivity index (χ0n) is 17.3. The lowest BCUT2D eigenvalue weighted by Gasteiger charge is -2.32. The molecule has 166 valence electrons. The number of carbonyl (C=O) groups excluding carboxylic acids is 2. The van der Waals surface area contributed by atoms with E-state index in [2.05, 4.69) is 25.7 Å². The third-order valence-electron chi connectivity index (χ3n) is 5.56. The average molecular weight is 458 g/mol. The monoisotopic (exact) mass is 457 g/mol. The van der Waals surface area contributed by atoms with Gasteiger partial charge in [0.05, 0.1) is 6.04 Å². The summed E-state index contributed by atoms with van der Waals surface area (Å²) >= 11 is 0. The first-order valence-electron chi connectivity index (χ1n) is 10.0. The lowest BCUT2D eigenvalue weighted by atomic mass is 9.97. The number of aromatic nitrogens is 4. The van der Waals surface area contributed by atoms with Gasteiger partial charge in [-0.05, 0) is 58.1 Å². The highest BCUT2D eigenvalue weighted by Gasteiger charge is 2.28. The maximum atomic E-state index is 12.9. The van der Waals surface area contributed by atoms with E-state index in [9.17, 15) is 9.59 Å². The van der Waals surface area contributed by atoms with E-state index in [-0.39, 0.29) is 54.4 Å². The van der Waals surface area contributed by atoms with Gasteiger partial charge < -0.3 is 15.5 Å². The summed E-state index contributed by atoms with van der Waals surface area (Å²) in [5.74, 6) is 0.782. The number of amides is 2. The van der Waals surface area contributed by atoms with Gasteiger partial charge in [0.15, 0.2) is 0 Å². The summed E-state index contributed by atoms with van der Waals surface area (Å²) in [7, 11) is 0. The van der Waals surface area contributed by atoms with Crippen molar-refractivity contribution in [2.75, 3.05) is 26.2 Å². The maximum Gasteiger partial charge on any atom is 0.293 e. The highest BCUT2D eigenvalue weighted by Crippen LogP contribution is 2.18. The molecule has 2 unspecified atom stereocenters. The molecule has 2 atom stereocenters. The molecular formula is C19H29Cl2N7O2. The molecule has 2 fully saturated rings. The van der Waals surface area contributed by atoms with Gasteiger partial charge >= 0.3 is 0 Å². The molecule has 4 heterocycles. The molecule has 0 bridgehead atoms. The van der Waals surface area contributed by atoms with Crippen molar-refractivity contribution in [2.24, 2.45) is 5.92 Å². The third kappa shape index (κ3) is 5.19. The smallest absolute Gasteiger partial charge is 0.293 e. The van der Waals surface area contributed by atoms with Crippen LogP contribution in [0.3, 0.4) is 0 Å². The number of rotatable bonds is 4. The molecule has 2 aromatic heterocycles. The van der Waals surface area contributed by atoms with Gasteiger partial charge in [0.2, 0.25) is 11.7 Å². The van der Waals surface area contributed by atoms with Crippen LogP contribution in [0.15, 0.2) is 6.07 Å². The Morgan fingerprint density at radius 2 is 2.00 bits per heavy atom. The SMILES string of the molecule is Cc1cc(C)n2nc(C(=O)N3CCCC(CNC(=O)C4CCCN4)C3)nc2n1.Cl.Cl. The van der Waals surface area contributed by atoms with Crippen LogP contribution >= 0.6 is 24.8 Å². The summed E-state index contributed by atoms with van der Waals surface area (Å²) < 4.78 is 1.61. The number of carbonyl (C=O) groups is 2. The third-order valence-corrected chi connectivity index (χ3v) is 5.56. The second-order valence-corrected chi connectivity index (χ2v) is 7.84. The number of aryl methyl sites for hydroxylation is 2. The molecule has 0 spiro atoms. The summed E-state index contributed by atoms with van der Waals surface area (Å²) in [5.41, 5.74) is 1.75. The van der Waals surface area contributed by atoms with Gasteiger partial charge in [-0.25, -0.2) is 9.50 Å². The Bertz CT molecular complexity index is 898. The molecule has 2 aliphatic rings. The summed E-state index contributed by atoms with van der Waals surface area (Å²) in [4.78, 5) is 35.6. The zero-order chi connectivity index (χ0) is 19.7. The van der Waals surface area contributed by atoms with E-state index in [1.807, 2.05) is 19.9 Å². The minimum atomic E-state index is -0.170. The predicted octanol–water partition coefficient (Wildman–Crippen LogP) is 1.31. The van der Waals surface area contributed by atoms with E-state index in [4.69, 9.17) is 0 Å². The minimum Gasteiger partial charge on any atom is -0.354 e. The molecule has 2 saturated heterocycles. The Morgan fingerprint density at radius 3 is 2.73 bits per heavy atom. The van der Waals surface area contributed by atoms with Gasteiger partial charge in [-0.1, -0.05) is 0 Å². The van der Waals surface area contributed by atoms with Gasteiger partial charge in [-0.3, -0.25) is 9.59 Å². The van der Waals surface area contributed by atoms with Crippen LogP contribution in [0.1, 0.15) is 47.7 Å². The Kier molecular flexibility index (Phi) is 8.40. The van der Waals surface area contributed by atoms with Gasteiger partial charge in [0.1, 0.15) is 0 Å². The van der Waals surface area contributed by atoms with Crippen molar-refractivity contribution in [1.82, 2.24) is 35.1 Å². The van der Waals surface area contributed by atoms with Crippen LogP contribution in [-0.2, 0) is 4.79 Å². The Labute approximate surface area is 188 Å². The molecule has 0 radical (unpaired) electrons. The fourth-order valence-electron chi connectivity index (χ4n) is 4.09. The highest BCUT2D eigenvalue weighted by molar-refractivity contribution is 5.91. The number of fused-ring (bicyclic) bond motifs is 1. The maximum absolute atomic E-state index is 12.9. The number of piperidine rings is 1. The molecule has 9 nitrogen and oxygen atoms in total. The van der Waals surface area contributed by atoms with Crippen molar-refractivity contribution in [3.05, 3.63) is 23.3 Å². The number of hydrogen-bond acceptors (Lipinski definition) is 6. The summed E-state index contributed by atoms with van der Waals surface area (Å²) in [6.45, 7) is 6.62. The van der Waals surface area contributed by atoms with Crippen LogP contribution in [0, 0.1) is 19.8 Å². The van der Waals surface area contributed by atoms with Crippen molar-refractivity contribution >= 4 is 42.4 Å². The van der Waals surface area contributed by atoms with Crippen LogP contribution in [0.25, 0.3) is 5.78 Å². The number of likely N-dealkylation sites (tertiary alicyclic amines) is 1. The molecule has 2 N–H and O–H groups in total. The first-order chi connectivity index (χ1) is 13.5. The summed E-state index contributed by atoms with van der Waals surface area (Å²) in [6.07, 6.45) is 3.86. The quantitative estimate of drug-likeness (QED) is 0.716. The molecule has 4 rings (SSSR count). The lowest BCUT2D eigenvalue weighted by Crippen LogP contribution is -2.46. The largest absolute Gasteiger partial charge is 0.354 e. The standard InChI is InChI=1S/C19H27N7O2.2ClH/c1-12-9-13(2)26-19(22-12)23-16(24-26)18(28)25-8-4-5-14(11-25)10-21-17(27)15-6-3-7-20-15;;/h9,14-15,20H,3-8,10-11H2,1-2H3,(H,21,27);2*1H. The molecule has 0 aliphatic carbocycles. The van der Waals surface area contributed by atoms with Crippen molar-refractivity contribution < 1.29 is 9.59 Å². The number of hydrogen-bond donors (Lipinski definition) is 2. The van der Waals surface area contributed by atoms with Crippen LogP contribution in [0.4, 0.5) is 0 Å². The molecule has 0 saturated carbocycles. The van der Waals surface area contributed by atoms with Crippen LogP contribution in [-0.4, -0.2) is 68.5 Å². The zero-order valence-corrected chi connectivity index (χ0v) is 18.9. The van der Waals surface area contributed by atoms with E-state index in [1.165, 1.54) is 0 Å². The first-order valence-corrected chi connectivity index (χ1v) is 10.0. The van der Waals surface area contributed by atoms with Crippen molar-refractivity contribution in [3.63, 3.8) is 0 Å². The second-order valence-electron chi connectivity index (χ2n) is 7.84. The number of nitrogens with one attached hydrogen (secondary N) is 2. The van der Waals surface area contributed by atoms with E-state index in [0.29, 0.717) is 25.4 Å². The fraction of sp³-hybridized carbons (Fsp3) is 0.632. The number of nitrogens with zero attached hydrogens (tertiary/aromatic N) is 5. The molecule has 0 aromatic carbocycles. The fourth-order valence-corrected chi connectivity index (χ4v) is 4.09. The minimum absolute atomic E-state index is 0. The van der Waals surface area contributed by atoms with Crippen molar-refractivity contribution in [1.29, 1.82) is 0 Å². The second kappa shape index (κ2) is 10.4. The molecule has 2 aliphatic heterocycles. The summed E-state index contributed by atoms with van der Waals surface area (Å²) in [5, 5.41) is 10.6. The van der Waals surface area contributed by atoms with Crippen LogP contribution in [0.5, 0.6) is 0 Å². The first kappa shape index (κ1) is 24.3. The van der Waals surface area contributed by atoms with Crippen molar-refractivity contribution in [3.8, 4) is 0 Å². The van der Waals surface area contributed by atoms with Crippen molar-refractivity contribution in [2.45, 2.75) is 45.6 Å². The van der Waals surface area contributed by atoms with Gasteiger partial charge in [-0.2, -0.15) is 4.98 Å². The van der Waals surface area contributed by atoms with Gasteiger partial charge in [-0.15, -0.1) is 29.9 Å². The van der Waals surface area contributed by atoms with Crippen LogP contribution < -0.4 is 10.6 Å². The van der Waals surface area contributed by atoms with E-state index in [1.54, 1.807) is 9.42 Å². The van der Waals surface area contributed by atoms with Crippen LogP contribution in [0.2, 0.25) is 0 Å². The van der Waals surface area contributed by atoms with E-state index >= 15 is 0 Å². The highest BCUT2D eigenvalue weighted by atomic mass is 35.5. The molecule has 2 aromatic rings. The molecule has 30 heavy (non-hydrogen) atoms. The number of halogens is 2. The van der Waals surface area contributed by atoms with Gasteiger partial charge in [0, 0.05) is 31.0 Å². The predicted molar refractivity (Wildman–Crippen MR) is 117 cm³/mol. The Morgan fingerprint density at radius 1 is 1.20 bits per heavy atom. The normalized spacial score (nSPS) is 21.1. The van der Waals surface area contributed by atoms with E-state index < -0.39 is 0 Å². The lowest BCUT2D eigenvalue weighted by molar-refractivity contribution is -0.123. The Balaban J connectivity index is 0.00000160. The van der Waals surface area contributed by atoms with E-state index in [0.717, 1.165) is 43.6 Å².